The van der Waals surface area contributed by atoms with Crippen LogP contribution in [0.1, 0.15) is 45.2 Å². The Bertz CT molecular complexity index is 548. The van der Waals surface area contributed by atoms with Gasteiger partial charge in [0.05, 0.1) is 0 Å². The first-order valence-corrected chi connectivity index (χ1v) is 7.38. The Kier molecular flexibility index (Phi) is 5.58. The van der Waals surface area contributed by atoms with Gasteiger partial charge in [0.15, 0.2) is 0 Å². The summed E-state index contributed by atoms with van der Waals surface area (Å²) in [4.78, 5) is 23.7. The number of hydrogen-bond acceptors (Lipinski definition) is 3. The number of hydrogen-bond donors (Lipinski definition) is 2. The zero-order valence-electron chi connectivity index (χ0n) is 13.9. The molecule has 5 nitrogen and oxygen atoms in total. The first-order valence-electron chi connectivity index (χ1n) is 7.38. The van der Waals surface area contributed by atoms with Crippen LogP contribution in [-0.2, 0) is 14.9 Å². The van der Waals surface area contributed by atoms with Crippen molar-refractivity contribution in [2.45, 2.75) is 52.1 Å². The van der Waals surface area contributed by atoms with Crippen LogP contribution in [0.25, 0.3) is 0 Å². The van der Waals surface area contributed by atoms with E-state index in [2.05, 4.69) is 5.32 Å². The quantitative estimate of drug-likeness (QED) is 0.875. The number of benzene rings is 1. The van der Waals surface area contributed by atoms with Crippen molar-refractivity contribution in [3.63, 3.8) is 0 Å². The SMILES string of the molecule is CCC(CNC(=O)OC(C)(C)C)(C(=O)O)c1cccc(C)c1. The molecule has 5 heteroatoms. The van der Waals surface area contributed by atoms with Crippen LogP contribution >= 0.6 is 0 Å². The van der Waals surface area contributed by atoms with Crippen molar-refractivity contribution in [1.82, 2.24) is 5.32 Å². The number of aryl methyl sites for hydroxylation is 1. The first-order chi connectivity index (χ1) is 10.1. The second-order valence-corrected chi connectivity index (χ2v) is 6.47. The third-order valence-corrected chi connectivity index (χ3v) is 3.52. The Morgan fingerprint density at radius 2 is 1.91 bits per heavy atom. The number of nitrogens with one attached hydrogen (secondary N) is 1. The van der Waals surface area contributed by atoms with Gasteiger partial charge in [-0.05, 0) is 39.7 Å². The van der Waals surface area contributed by atoms with Crippen molar-refractivity contribution in [2.75, 3.05) is 6.54 Å². The Hall–Kier alpha value is -2.04. The van der Waals surface area contributed by atoms with Crippen LogP contribution < -0.4 is 5.32 Å². The summed E-state index contributed by atoms with van der Waals surface area (Å²) in [5.41, 5.74) is -0.124. The fourth-order valence-electron chi connectivity index (χ4n) is 2.26. The molecule has 0 fully saturated rings. The van der Waals surface area contributed by atoms with Crippen molar-refractivity contribution in [3.8, 4) is 0 Å². The van der Waals surface area contributed by atoms with E-state index in [9.17, 15) is 14.7 Å². The number of alkyl carbamates (subject to hydrolysis) is 1. The molecule has 122 valence electrons. The topological polar surface area (TPSA) is 75.6 Å². The number of carboxylic acid groups (broad SMARTS) is 1. The van der Waals surface area contributed by atoms with Gasteiger partial charge in [0.1, 0.15) is 11.0 Å². The highest BCUT2D eigenvalue weighted by atomic mass is 16.6. The highest BCUT2D eigenvalue weighted by Gasteiger charge is 2.39. The average Bonchev–Trinajstić information content (AvgIpc) is 2.37. The molecule has 0 aliphatic carbocycles. The minimum absolute atomic E-state index is 0.0167. The fraction of sp³-hybridized carbons (Fsp3) is 0.529. The van der Waals surface area contributed by atoms with Gasteiger partial charge in [0.25, 0.3) is 0 Å². The molecule has 1 aromatic rings. The van der Waals surface area contributed by atoms with Crippen LogP contribution in [0.15, 0.2) is 24.3 Å². The maximum absolute atomic E-state index is 11.9. The van der Waals surface area contributed by atoms with E-state index < -0.39 is 23.1 Å². The lowest BCUT2D eigenvalue weighted by molar-refractivity contribution is -0.143. The molecule has 2 N–H and O–H groups in total. The number of ether oxygens (including phenoxy) is 1. The highest BCUT2D eigenvalue weighted by Crippen LogP contribution is 2.28. The van der Waals surface area contributed by atoms with Crippen LogP contribution in [0.4, 0.5) is 4.79 Å². The van der Waals surface area contributed by atoms with Crippen LogP contribution in [0, 0.1) is 6.92 Å². The molecule has 1 amide bonds. The van der Waals surface area contributed by atoms with Gasteiger partial charge in [0, 0.05) is 6.54 Å². The van der Waals surface area contributed by atoms with Gasteiger partial charge in [-0.1, -0.05) is 36.8 Å². The van der Waals surface area contributed by atoms with Gasteiger partial charge >= 0.3 is 12.1 Å². The van der Waals surface area contributed by atoms with Crippen LogP contribution in [0.2, 0.25) is 0 Å². The van der Waals surface area contributed by atoms with E-state index in [1.165, 1.54) is 0 Å². The van der Waals surface area contributed by atoms with E-state index in [0.717, 1.165) is 5.56 Å². The van der Waals surface area contributed by atoms with Gasteiger partial charge < -0.3 is 15.2 Å². The summed E-state index contributed by atoms with van der Waals surface area (Å²) in [7, 11) is 0. The summed E-state index contributed by atoms with van der Waals surface area (Å²) in [5, 5.41) is 12.3. The Morgan fingerprint density at radius 1 is 1.27 bits per heavy atom. The van der Waals surface area contributed by atoms with Crippen molar-refractivity contribution >= 4 is 12.1 Å². The zero-order chi connectivity index (χ0) is 17.0. The molecule has 1 atom stereocenters. The molecule has 22 heavy (non-hydrogen) atoms. The summed E-state index contributed by atoms with van der Waals surface area (Å²) in [6.45, 7) is 8.98. The number of aliphatic carboxylic acids is 1. The average molecular weight is 307 g/mol. The van der Waals surface area contributed by atoms with Crippen molar-refractivity contribution in [2.24, 2.45) is 0 Å². The second kappa shape index (κ2) is 6.81. The lowest BCUT2D eigenvalue weighted by Crippen LogP contribution is -2.47. The Morgan fingerprint density at radius 3 is 2.36 bits per heavy atom. The van der Waals surface area contributed by atoms with E-state index in [1.807, 2.05) is 25.1 Å². The first kappa shape index (κ1) is 18.0. The highest BCUT2D eigenvalue weighted by molar-refractivity contribution is 5.82. The van der Waals surface area contributed by atoms with Crippen molar-refractivity contribution < 1.29 is 19.4 Å². The van der Waals surface area contributed by atoms with E-state index in [4.69, 9.17) is 4.74 Å². The number of amides is 1. The molecule has 1 rings (SSSR count). The molecule has 0 aliphatic heterocycles. The minimum atomic E-state index is -1.16. The van der Waals surface area contributed by atoms with Crippen molar-refractivity contribution in [3.05, 3.63) is 35.4 Å². The predicted octanol–water partition coefficient (Wildman–Crippen LogP) is 3.25. The predicted molar refractivity (Wildman–Crippen MR) is 85.0 cm³/mol. The van der Waals surface area contributed by atoms with E-state index in [0.29, 0.717) is 12.0 Å². The lowest BCUT2D eigenvalue weighted by Gasteiger charge is -2.30. The van der Waals surface area contributed by atoms with E-state index in [1.54, 1.807) is 33.8 Å². The molecule has 1 unspecified atom stereocenters. The van der Waals surface area contributed by atoms with Crippen LogP contribution in [-0.4, -0.2) is 29.3 Å². The normalized spacial score (nSPS) is 14.0. The summed E-state index contributed by atoms with van der Waals surface area (Å²) >= 11 is 0. The van der Waals surface area contributed by atoms with Gasteiger partial charge in [0.2, 0.25) is 0 Å². The third kappa shape index (κ3) is 4.48. The number of rotatable bonds is 5. The van der Waals surface area contributed by atoms with Crippen LogP contribution in [0.5, 0.6) is 0 Å². The second-order valence-electron chi connectivity index (χ2n) is 6.47. The Balaban J connectivity index is 2.99. The van der Waals surface area contributed by atoms with Crippen LogP contribution in [0.3, 0.4) is 0 Å². The minimum Gasteiger partial charge on any atom is -0.481 e. The smallest absolute Gasteiger partial charge is 0.407 e. The summed E-state index contributed by atoms with van der Waals surface area (Å²) in [6, 6.07) is 7.36. The molecule has 0 aromatic heterocycles. The van der Waals surface area contributed by atoms with Gasteiger partial charge in [-0.3, -0.25) is 4.79 Å². The van der Waals surface area contributed by atoms with Gasteiger partial charge in [-0.15, -0.1) is 0 Å². The maximum atomic E-state index is 11.9. The number of carboxylic acids is 1. The van der Waals surface area contributed by atoms with Gasteiger partial charge in [-0.2, -0.15) is 0 Å². The van der Waals surface area contributed by atoms with Gasteiger partial charge in [-0.25, -0.2) is 4.79 Å². The molecule has 1 aromatic carbocycles. The monoisotopic (exact) mass is 307 g/mol. The largest absolute Gasteiger partial charge is 0.481 e. The molecular formula is C17H25NO4. The van der Waals surface area contributed by atoms with E-state index >= 15 is 0 Å². The maximum Gasteiger partial charge on any atom is 0.407 e. The summed E-state index contributed by atoms with van der Waals surface area (Å²) in [5.74, 6) is -0.961. The summed E-state index contributed by atoms with van der Waals surface area (Å²) < 4.78 is 5.17. The summed E-state index contributed by atoms with van der Waals surface area (Å²) in [6.07, 6.45) is -0.249. The van der Waals surface area contributed by atoms with E-state index in [-0.39, 0.29) is 6.54 Å². The molecule has 0 saturated carbocycles. The molecule has 0 aliphatic rings. The standard InChI is InChI=1S/C17H25NO4/c1-6-17(14(19)20,13-9-7-8-12(2)10-13)11-18-15(21)22-16(3,4)5/h7-10H,6,11H2,1-5H3,(H,18,21)(H,19,20). The lowest BCUT2D eigenvalue weighted by atomic mass is 9.77. The van der Waals surface area contributed by atoms with Crippen molar-refractivity contribution in [1.29, 1.82) is 0 Å². The number of carbonyl (C=O) groups is 2. The molecule has 0 bridgehead atoms. The molecule has 0 radical (unpaired) electrons. The molecule has 0 spiro atoms. The third-order valence-electron chi connectivity index (χ3n) is 3.52. The molecule has 0 saturated heterocycles. The number of carbonyl (C=O) groups excluding carboxylic acids is 1. The fourth-order valence-corrected chi connectivity index (χ4v) is 2.26. The Labute approximate surface area is 131 Å². The zero-order valence-corrected chi connectivity index (χ0v) is 13.9. The molecular weight excluding hydrogens is 282 g/mol. The molecule has 0 heterocycles.